The molecule has 0 spiro atoms. The van der Waals surface area contributed by atoms with Crippen LogP contribution in [0, 0.1) is 5.92 Å². The standard InChI is InChI=1S/C14H20N2O2/c1-2-18-12-5-3-4-11(15)13(12)14(17)16-9-8-10-6-7-10/h3-5,10H,2,6-9,15H2,1H3,(H,16,17). The normalized spacial score (nSPS) is 14.3. The zero-order chi connectivity index (χ0) is 13.0. The van der Waals surface area contributed by atoms with Crippen LogP contribution in [-0.2, 0) is 0 Å². The quantitative estimate of drug-likeness (QED) is 0.758. The Morgan fingerprint density at radius 2 is 2.28 bits per heavy atom. The molecule has 1 aliphatic rings. The molecule has 4 heteroatoms. The second-order valence-corrected chi connectivity index (χ2v) is 4.64. The van der Waals surface area contributed by atoms with Crippen molar-refractivity contribution in [2.24, 2.45) is 5.92 Å². The third-order valence-electron chi connectivity index (χ3n) is 3.12. The lowest BCUT2D eigenvalue weighted by Crippen LogP contribution is -2.26. The third kappa shape index (κ3) is 3.15. The van der Waals surface area contributed by atoms with Crippen molar-refractivity contribution in [3.63, 3.8) is 0 Å². The number of hydrogen-bond acceptors (Lipinski definition) is 3. The van der Waals surface area contributed by atoms with Gasteiger partial charge in [-0.2, -0.15) is 0 Å². The molecule has 0 aliphatic heterocycles. The summed E-state index contributed by atoms with van der Waals surface area (Å²) in [5, 5.41) is 2.91. The van der Waals surface area contributed by atoms with Crippen molar-refractivity contribution in [1.29, 1.82) is 0 Å². The Balaban J connectivity index is 2.01. The summed E-state index contributed by atoms with van der Waals surface area (Å²) in [5.74, 6) is 1.23. The van der Waals surface area contributed by atoms with Gasteiger partial charge >= 0.3 is 0 Å². The molecule has 0 saturated heterocycles. The Labute approximate surface area is 108 Å². The number of nitrogen functional groups attached to an aromatic ring is 1. The SMILES string of the molecule is CCOc1cccc(N)c1C(=O)NCCC1CC1. The van der Waals surface area contributed by atoms with E-state index in [1.54, 1.807) is 18.2 Å². The summed E-state index contributed by atoms with van der Waals surface area (Å²) in [6.45, 7) is 3.12. The maximum atomic E-state index is 12.1. The van der Waals surface area contributed by atoms with Gasteiger partial charge in [0.1, 0.15) is 11.3 Å². The van der Waals surface area contributed by atoms with E-state index < -0.39 is 0 Å². The van der Waals surface area contributed by atoms with E-state index in [1.807, 2.05) is 6.92 Å². The fourth-order valence-corrected chi connectivity index (χ4v) is 1.95. The van der Waals surface area contributed by atoms with Crippen molar-refractivity contribution >= 4 is 11.6 Å². The molecule has 0 atom stereocenters. The average Bonchev–Trinajstić information content (AvgIpc) is 3.13. The van der Waals surface area contributed by atoms with E-state index in [4.69, 9.17) is 10.5 Å². The number of benzene rings is 1. The van der Waals surface area contributed by atoms with Crippen molar-refractivity contribution < 1.29 is 9.53 Å². The summed E-state index contributed by atoms with van der Waals surface area (Å²) < 4.78 is 5.44. The number of anilines is 1. The number of amides is 1. The maximum Gasteiger partial charge on any atom is 0.257 e. The predicted molar refractivity (Wildman–Crippen MR) is 71.7 cm³/mol. The van der Waals surface area contributed by atoms with Crippen LogP contribution in [0.2, 0.25) is 0 Å². The lowest BCUT2D eigenvalue weighted by Gasteiger charge is -2.12. The van der Waals surface area contributed by atoms with Gasteiger partial charge in [0.2, 0.25) is 0 Å². The van der Waals surface area contributed by atoms with Crippen molar-refractivity contribution in [3.8, 4) is 5.75 Å². The molecule has 0 heterocycles. The zero-order valence-electron chi connectivity index (χ0n) is 10.7. The molecule has 0 unspecified atom stereocenters. The summed E-state index contributed by atoms with van der Waals surface area (Å²) in [5.41, 5.74) is 6.77. The monoisotopic (exact) mass is 248 g/mol. The Bertz CT molecular complexity index is 428. The van der Waals surface area contributed by atoms with E-state index in [0.29, 0.717) is 30.2 Å². The largest absolute Gasteiger partial charge is 0.493 e. The van der Waals surface area contributed by atoms with Crippen LogP contribution in [0.1, 0.15) is 36.5 Å². The highest BCUT2D eigenvalue weighted by molar-refractivity contribution is 6.01. The van der Waals surface area contributed by atoms with Gasteiger partial charge in [0.25, 0.3) is 5.91 Å². The molecule has 1 fully saturated rings. The topological polar surface area (TPSA) is 64.3 Å². The first-order valence-corrected chi connectivity index (χ1v) is 6.52. The fraction of sp³-hybridized carbons (Fsp3) is 0.500. The number of carbonyl (C=O) groups is 1. The Morgan fingerprint density at radius 3 is 2.94 bits per heavy atom. The van der Waals surface area contributed by atoms with Crippen LogP contribution in [0.3, 0.4) is 0 Å². The maximum absolute atomic E-state index is 12.1. The van der Waals surface area contributed by atoms with Crippen LogP contribution in [0.25, 0.3) is 0 Å². The molecular formula is C14H20N2O2. The highest BCUT2D eigenvalue weighted by Gasteiger charge is 2.21. The second-order valence-electron chi connectivity index (χ2n) is 4.64. The minimum Gasteiger partial charge on any atom is -0.493 e. The number of rotatable bonds is 6. The molecule has 1 aromatic rings. The summed E-state index contributed by atoms with van der Waals surface area (Å²) >= 11 is 0. The number of nitrogens with one attached hydrogen (secondary N) is 1. The number of nitrogens with two attached hydrogens (primary N) is 1. The lowest BCUT2D eigenvalue weighted by atomic mass is 10.1. The summed E-state index contributed by atoms with van der Waals surface area (Å²) in [6, 6.07) is 5.29. The molecule has 18 heavy (non-hydrogen) atoms. The Hall–Kier alpha value is -1.71. The van der Waals surface area contributed by atoms with Crippen molar-refractivity contribution in [3.05, 3.63) is 23.8 Å². The van der Waals surface area contributed by atoms with Gasteiger partial charge in [0, 0.05) is 12.2 Å². The molecule has 1 aromatic carbocycles. The van der Waals surface area contributed by atoms with Gasteiger partial charge in [-0.3, -0.25) is 4.79 Å². The van der Waals surface area contributed by atoms with E-state index >= 15 is 0 Å². The van der Waals surface area contributed by atoms with Gasteiger partial charge in [-0.25, -0.2) is 0 Å². The van der Waals surface area contributed by atoms with Gasteiger partial charge in [0.05, 0.1) is 6.61 Å². The minimum absolute atomic E-state index is 0.141. The molecule has 2 rings (SSSR count). The van der Waals surface area contributed by atoms with Crippen LogP contribution in [-0.4, -0.2) is 19.1 Å². The molecule has 0 bridgehead atoms. The third-order valence-corrected chi connectivity index (χ3v) is 3.12. The van der Waals surface area contributed by atoms with Crippen molar-refractivity contribution in [1.82, 2.24) is 5.32 Å². The van der Waals surface area contributed by atoms with E-state index in [-0.39, 0.29) is 5.91 Å². The van der Waals surface area contributed by atoms with Gasteiger partial charge in [-0.15, -0.1) is 0 Å². The minimum atomic E-state index is -0.141. The Kier molecular flexibility index (Phi) is 4.07. The molecule has 1 amide bonds. The van der Waals surface area contributed by atoms with Gasteiger partial charge < -0.3 is 15.8 Å². The predicted octanol–water partition coefficient (Wildman–Crippen LogP) is 2.20. The van der Waals surface area contributed by atoms with Gasteiger partial charge in [-0.1, -0.05) is 18.9 Å². The zero-order valence-corrected chi connectivity index (χ0v) is 10.7. The highest BCUT2D eigenvalue weighted by atomic mass is 16.5. The summed E-state index contributed by atoms with van der Waals surface area (Å²) in [4.78, 5) is 12.1. The molecule has 0 radical (unpaired) electrons. The molecule has 1 aliphatic carbocycles. The molecule has 3 N–H and O–H groups in total. The van der Waals surface area contributed by atoms with Gasteiger partial charge in [0.15, 0.2) is 0 Å². The number of hydrogen-bond donors (Lipinski definition) is 2. The number of carbonyl (C=O) groups excluding carboxylic acids is 1. The first-order valence-electron chi connectivity index (χ1n) is 6.52. The van der Waals surface area contributed by atoms with Crippen LogP contribution in [0.5, 0.6) is 5.75 Å². The molecule has 4 nitrogen and oxygen atoms in total. The smallest absolute Gasteiger partial charge is 0.257 e. The van der Waals surface area contributed by atoms with E-state index in [1.165, 1.54) is 12.8 Å². The molecular weight excluding hydrogens is 228 g/mol. The average molecular weight is 248 g/mol. The second kappa shape index (κ2) is 5.76. The lowest BCUT2D eigenvalue weighted by molar-refractivity contribution is 0.0950. The highest BCUT2D eigenvalue weighted by Crippen LogP contribution is 2.31. The van der Waals surface area contributed by atoms with Crippen molar-refractivity contribution in [2.45, 2.75) is 26.2 Å². The van der Waals surface area contributed by atoms with Crippen LogP contribution in [0.15, 0.2) is 18.2 Å². The van der Waals surface area contributed by atoms with E-state index in [0.717, 1.165) is 12.3 Å². The fourth-order valence-electron chi connectivity index (χ4n) is 1.95. The number of ether oxygens (including phenoxy) is 1. The van der Waals surface area contributed by atoms with Crippen LogP contribution >= 0.6 is 0 Å². The summed E-state index contributed by atoms with van der Waals surface area (Å²) in [6.07, 6.45) is 3.66. The van der Waals surface area contributed by atoms with Crippen LogP contribution < -0.4 is 15.8 Å². The van der Waals surface area contributed by atoms with Crippen LogP contribution in [0.4, 0.5) is 5.69 Å². The summed E-state index contributed by atoms with van der Waals surface area (Å²) in [7, 11) is 0. The van der Waals surface area contributed by atoms with E-state index in [2.05, 4.69) is 5.32 Å². The Morgan fingerprint density at radius 1 is 1.50 bits per heavy atom. The molecule has 0 aromatic heterocycles. The first-order chi connectivity index (χ1) is 8.72. The van der Waals surface area contributed by atoms with Crippen molar-refractivity contribution in [2.75, 3.05) is 18.9 Å². The van der Waals surface area contributed by atoms with Gasteiger partial charge in [-0.05, 0) is 31.4 Å². The molecule has 98 valence electrons. The molecule has 1 saturated carbocycles. The van der Waals surface area contributed by atoms with E-state index in [9.17, 15) is 4.79 Å². The first kappa shape index (κ1) is 12.7.